The van der Waals surface area contributed by atoms with E-state index in [4.69, 9.17) is 6.57 Å². The van der Waals surface area contributed by atoms with Crippen LogP contribution in [0.2, 0.25) is 0 Å². The minimum atomic E-state index is 0.448. The molecule has 0 unspecified atom stereocenters. The zero-order chi connectivity index (χ0) is 32.2. The molecule has 0 bridgehead atoms. The molecular formula is C44H26N4. The Morgan fingerprint density at radius 1 is 0.500 bits per heavy atom. The Bertz CT molecular complexity index is 2760. The van der Waals surface area contributed by atoms with Gasteiger partial charge in [0.15, 0.2) is 5.69 Å². The van der Waals surface area contributed by atoms with Crippen molar-refractivity contribution >= 4 is 49.3 Å². The smallest absolute Gasteiger partial charge is 0.189 e. The van der Waals surface area contributed by atoms with Crippen LogP contribution in [0.25, 0.3) is 82.1 Å². The number of hydrogen-bond acceptors (Lipinski definition) is 1. The Morgan fingerprint density at radius 2 is 1.10 bits per heavy atom. The molecule has 0 aliphatic heterocycles. The van der Waals surface area contributed by atoms with Gasteiger partial charge in [0.05, 0.1) is 34.7 Å². The van der Waals surface area contributed by atoms with Gasteiger partial charge in [-0.25, -0.2) is 4.85 Å². The summed E-state index contributed by atoms with van der Waals surface area (Å²) in [6.07, 6.45) is 0. The van der Waals surface area contributed by atoms with E-state index in [0.29, 0.717) is 11.3 Å². The first-order chi connectivity index (χ1) is 23.7. The molecule has 9 rings (SSSR count). The lowest BCUT2D eigenvalue weighted by Gasteiger charge is -2.15. The summed E-state index contributed by atoms with van der Waals surface area (Å²) in [5.74, 6) is 0. The minimum absolute atomic E-state index is 0.448. The lowest BCUT2D eigenvalue weighted by Crippen LogP contribution is -1.96. The van der Waals surface area contributed by atoms with Crippen LogP contribution in [-0.4, -0.2) is 9.13 Å². The third kappa shape index (κ3) is 4.14. The lowest BCUT2D eigenvalue weighted by atomic mass is 9.93. The van der Waals surface area contributed by atoms with E-state index in [-0.39, 0.29) is 0 Å². The summed E-state index contributed by atoms with van der Waals surface area (Å²) in [4.78, 5) is 3.70. The predicted molar refractivity (Wildman–Crippen MR) is 197 cm³/mol. The van der Waals surface area contributed by atoms with E-state index < -0.39 is 0 Å². The van der Waals surface area contributed by atoms with Gasteiger partial charge in [0.25, 0.3) is 0 Å². The van der Waals surface area contributed by atoms with E-state index in [2.05, 4.69) is 154 Å². The van der Waals surface area contributed by atoms with Crippen molar-refractivity contribution in [2.45, 2.75) is 0 Å². The molecule has 0 fully saturated rings. The molecule has 0 spiro atoms. The second-order valence-electron chi connectivity index (χ2n) is 12.0. The molecule has 7 aromatic carbocycles. The zero-order valence-electron chi connectivity index (χ0n) is 25.8. The fourth-order valence-electron chi connectivity index (χ4n) is 7.31. The Labute approximate surface area is 277 Å². The van der Waals surface area contributed by atoms with E-state index in [0.717, 1.165) is 61.0 Å². The van der Waals surface area contributed by atoms with Crippen LogP contribution in [0.3, 0.4) is 0 Å². The van der Waals surface area contributed by atoms with Crippen molar-refractivity contribution in [3.63, 3.8) is 0 Å². The Kier molecular flexibility index (Phi) is 6.22. The standard InChI is InChI=1S/C44H26N4/c1-46-32-25-29(28-45)24-31(26-32)36-22-21-35(43-38-17-9-11-19-41(38)48(44(36)43)34-14-6-3-7-15-34)30-20-23-42-39(27-30)37-16-8-10-18-40(37)47(42)33-12-4-2-5-13-33/h2-27H. The highest BCUT2D eigenvalue weighted by molar-refractivity contribution is 6.20. The van der Waals surface area contributed by atoms with Gasteiger partial charge in [-0.2, -0.15) is 5.26 Å². The molecule has 222 valence electrons. The van der Waals surface area contributed by atoms with Gasteiger partial charge in [-0.05, 0) is 83.4 Å². The van der Waals surface area contributed by atoms with Crippen molar-refractivity contribution in [1.82, 2.24) is 9.13 Å². The average Bonchev–Trinajstić information content (AvgIpc) is 3.68. The molecule has 0 radical (unpaired) electrons. The quantitative estimate of drug-likeness (QED) is 0.183. The number of aromatic nitrogens is 2. The zero-order valence-corrected chi connectivity index (χ0v) is 25.8. The molecule has 0 saturated heterocycles. The Hall–Kier alpha value is -6.88. The largest absolute Gasteiger partial charge is 0.309 e. The molecule has 0 amide bonds. The van der Waals surface area contributed by atoms with Crippen molar-refractivity contribution < 1.29 is 0 Å². The first-order valence-corrected chi connectivity index (χ1v) is 15.9. The summed E-state index contributed by atoms with van der Waals surface area (Å²) in [5.41, 5.74) is 11.6. The molecular weight excluding hydrogens is 585 g/mol. The molecule has 48 heavy (non-hydrogen) atoms. The van der Waals surface area contributed by atoms with Crippen LogP contribution in [0.1, 0.15) is 5.56 Å². The van der Waals surface area contributed by atoms with Gasteiger partial charge in [0.2, 0.25) is 0 Å². The second-order valence-corrected chi connectivity index (χ2v) is 12.0. The van der Waals surface area contributed by atoms with Crippen molar-refractivity contribution in [3.8, 4) is 39.7 Å². The monoisotopic (exact) mass is 610 g/mol. The van der Waals surface area contributed by atoms with Crippen LogP contribution in [0.5, 0.6) is 0 Å². The average molecular weight is 611 g/mol. The Morgan fingerprint density at radius 3 is 1.81 bits per heavy atom. The third-order valence-electron chi connectivity index (χ3n) is 9.32. The molecule has 4 nitrogen and oxygen atoms in total. The van der Waals surface area contributed by atoms with Crippen molar-refractivity contribution in [2.24, 2.45) is 0 Å². The van der Waals surface area contributed by atoms with Crippen LogP contribution in [0, 0.1) is 17.9 Å². The minimum Gasteiger partial charge on any atom is -0.309 e. The maximum absolute atomic E-state index is 9.86. The number of rotatable bonds is 4. The summed E-state index contributed by atoms with van der Waals surface area (Å²) in [6.45, 7) is 7.74. The topological polar surface area (TPSA) is 38.0 Å². The maximum Gasteiger partial charge on any atom is 0.189 e. The first-order valence-electron chi connectivity index (χ1n) is 15.9. The van der Waals surface area contributed by atoms with Gasteiger partial charge in [0, 0.05) is 44.0 Å². The van der Waals surface area contributed by atoms with Crippen molar-refractivity contribution in [1.29, 1.82) is 5.26 Å². The number of para-hydroxylation sites is 4. The van der Waals surface area contributed by atoms with E-state index >= 15 is 0 Å². The molecule has 0 aliphatic rings. The van der Waals surface area contributed by atoms with Crippen LogP contribution in [0.4, 0.5) is 5.69 Å². The molecule has 4 heteroatoms. The normalized spacial score (nSPS) is 11.3. The van der Waals surface area contributed by atoms with Crippen LogP contribution in [0.15, 0.2) is 158 Å². The SMILES string of the molecule is [C-]#[N+]c1cc(C#N)cc(-c2ccc(-c3ccc4c(c3)c3ccccc3n4-c3ccccc3)c3c4ccccc4n(-c4ccccc4)c23)c1. The highest BCUT2D eigenvalue weighted by Gasteiger charge is 2.21. The summed E-state index contributed by atoms with van der Waals surface area (Å²) in [7, 11) is 0. The van der Waals surface area contributed by atoms with Crippen LogP contribution < -0.4 is 0 Å². The number of nitriles is 1. The van der Waals surface area contributed by atoms with Crippen molar-refractivity contribution in [2.75, 3.05) is 0 Å². The van der Waals surface area contributed by atoms with Crippen molar-refractivity contribution in [3.05, 3.63) is 175 Å². The molecule has 0 saturated carbocycles. The highest BCUT2D eigenvalue weighted by atomic mass is 15.0. The highest BCUT2D eigenvalue weighted by Crippen LogP contribution is 2.45. The summed E-state index contributed by atoms with van der Waals surface area (Å²) < 4.78 is 4.66. The third-order valence-corrected chi connectivity index (χ3v) is 9.32. The number of benzene rings is 7. The van der Waals surface area contributed by atoms with Crippen LogP contribution >= 0.6 is 0 Å². The molecule has 0 N–H and O–H groups in total. The maximum atomic E-state index is 9.86. The van der Waals surface area contributed by atoms with E-state index in [1.807, 2.05) is 18.2 Å². The van der Waals surface area contributed by atoms with Crippen LogP contribution in [-0.2, 0) is 0 Å². The fraction of sp³-hybridized carbons (Fsp3) is 0. The fourth-order valence-corrected chi connectivity index (χ4v) is 7.31. The first kappa shape index (κ1) is 27.4. The molecule has 2 aromatic heterocycles. The van der Waals surface area contributed by atoms with Gasteiger partial charge in [-0.15, -0.1) is 0 Å². The molecule has 0 aliphatic carbocycles. The summed E-state index contributed by atoms with van der Waals surface area (Å²) in [5, 5.41) is 14.5. The summed E-state index contributed by atoms with van der Waals surface area (Å²) >= 11 is 0. The van der Waals surface area contributed by atoms with Gasteiger partial charge < -0.3 is 9.13 Å². The van der Waals surface area contributed by atoms with E-state index in [1.165, 1.54) is 16.3 Å². The number of fused-ring (bicyclic) bond motifs is 6. The van der Waals surface area contributed by atoms with Gasteiger partial charge in [-0.1, -0.05) is 91.0 Å². The van der Waals surface area contributed by atoms with Gasteiger partial charge >= 0.3 is 0 Å². The Balaban J connectivity index is 1.40. The van der Waals surface area contributed by atoms with Gasteiger partial charge in [-0.3, -0.25) is 0 Å². The number of nitrogens with zero attached hydrogens (tertiary/aromatic N) is 4. The molecule has 0 atom stereocenters. The van der Waals surface area contributed by atoms with E-state index in [9.17, 15) is 5.26 Å². The van der Waals surface area contributed by atoms with Gasteiger partial charge in [0.1, 0.15) is 0 Å². The second kappa shape index (κ2) is 10.9. The lowest BCUT2D eigenvalue weighted by molar-refractivity contribution is 1.18. The summed E-state index contributed by atoms with van der Waals surface area (Å²) in [6, 6.07) is 56.9. The molecule has 2 heterocycles. The predicted octanol–water partition coefficient (Wildman–Crippen LogP) is 11.6. The molecule has 9 aromatic rings. The number of hydrogen-bond donors (Lipinski definition) is 0. The van der Waals surface area contributed by atoms with E-state index in [1.54, 1.807) is 6.07 Å².